The molecule has 80 valence electrons. The van der Waals surface area contributed by atoms with E-state index in [0.717, 1.165) is 15.6 Å². The van der Waals surface area contributed by atoms with Gasteiger partial charge in [0.2, 0.25) is 0 Å². The van der Waals surface area contributed by atoms with Crippen LogP contribution >= 0.6 is 11.8 Å². The molecule has 0 aliphatic heterocycles. The van der Waals surface area contributed by atoms with Gasteiger partial charge in [0.15, 0.2) is 0 Å². The maximum Gasteiger partial charge on any atom is 0.141 e. The first-order valence-electron chi connectivity index (χ1n) is 4.73. The van der Waals surface area contributed by atoms with Crippen LogP contribution < -0.4 is 0 Å². The molecule has 0 amide bonds. The summed E-state index contributed by atoms with van der Waals surface area (Å²) in [5.41, 5.74) is 1.42. The lowest BCUT2D eigenvalue weighted by atomic mass is 10.4. The second kappa shape index (κ2) is 4.37. The van der Waals surface area contributed by atoms with E-state index in [4.69, 9.17) is 5.26 Å². The van der Waals surface area contributed by atoms with Crippen molar-refractivity contribution in [3.8, 4) is 6.07 Å². The average Bonchev–Trinajstić information content (AvgIpc) is 2.58. The second-order valence-electron chi connectivity index (χ2n) is 3.34. The molecular weight excluding hydrogens is 220 g/mol. The summed E-state index contributed by atoms with van der Waals surface area (Å²) in [7, 11) is 1.90. The molecule has 4 nitrogen and oxygen atoms in total. The van der Waals surface area contributed by atoms with Gasteiger partial charge in [0.05, 0.1) is 10.7 Å². The molecule has 0 spiro atoms. The van der Waals surface area contributed by atoms with Gasteiger partial charge in [-0.1, -0.05) is 11.8 Å². The third-order valence-electron chi connectivity index (χ3n) is 2.03. The number of nitriles is 1. The van der Waals surface area contributed by atoms with Crippen molar-refractivity contribution in [2.24, 2.45) is 7.05 Å². The fourth-order valence-electron chi connectivity index (χ4n) is 1.34. The van der Waals surface area contributed by atoms with Crippen LogP contribution in [0.15, 0.2) is 34.3 Å². The van der Waals surface area contributed by atoms with Gasteiger partial charge in [-0.15, -0.1) is 0 Å². The van der Waals surface area contributed by atoms with E-state index in [-0.39, 0.29) is 0 Å². The zero-order valence-electron chi connectivity index (χ0n) is 9.01. The molecule has 0 saturated heterocycles. The standard InChI is InChI=1S/C11H10N4S/c1-8-5-11(15(2)14-8)16-10-3-4-13-9(6-10)7-12/h3-6H,1-2H3. The Morgan fingerprint density at radius 1 is 1.44 bits per heavy atom. The summed E-state index contributed by atoms with van der Waals surface area (Å²) in [4.78, 5) is 4.93. The first-order chi connectivity index (χ1) is 7.69. The van der Waals surface area contributed by atoms with Gasteiger partial charge in [-0.2, -0.15) is 10.4 Å². The Bertz CT molecular complexity index is 553. The van der Waals surface area contributed by atoms with Crippen LogP contribution in [0.5, 0.6) is 0 Å². The van der Waals surface area contributed by atoms with Crippen molar-refractivity contribution in [2.75, 3.05) is 0 Å². The molecule has 2 aromatic rings. The van der Waals surface area contributed by atoms with Gasteiger partial charge in [0.1, 0.15) is 11.8 Å². The van der Waals surface area contributed by atoms with E-state index in [1.54, 1.807) is 24.0 Å². The average molecular weight is 230 g/mol. The van der Waals surface area contributed by atoms with Crippen LogP contribution in [0, 0.1) is 18.3 Å². The Hall–Kier alpha value is -1.80. The summed E-state index contributed by atoms with van der Waals surface area (Å²) in [6, 6.07) is 7.69. The van der Waals surface area contributed by atoms with Crippen LogP contribution in [0.1, 0.15) is 11.4 Å². The van der Waals surface area contributed by atoms with Crippen LogP contribution in [0.3, 0.4) is 0 Å². The van der Waals surface area contributed by atoms with Crippen molar-refractivity contribution in [1.29, 1.82) is 5.26 Å². The van der Waals surface area contributed by atoms with E-state index >= 15 is 0 Å². The molecule has 0 fully saturated rings. The number of hydrogen-bond acceptors (Lipinski definition) is 4. The zero-order valence-corrected chi connectivity index (χ0v) is 9.82. The smallest absolute Gasteiger partial charge is 0.141 e. The maximum absolute atomic E-state index is 8.75. The molecule has 0 aliphatic rings. The van der Waals surface area contributed by atoms with Crippen LogP contribution in [-0.2, 0) is 7.05 Å². The second-order valence-corrected chi connectivity index (χ2v) is 4.43. The zero-order chi connectivity index (χ0) is 11.5. The van der Waals surface area contributed by atoms with E-state index in [1.165, 1.54) is 0 Å². The van der Waals surface area contributed by atoms with Crippen molar-refractivity contribution in [3.05, 3.63) is 35.8 Å². The monoisotopic (exact) mass is 230 g/mol. The highest BCUT2D eigenvalue weighted by Gasteiger charge is 2.05. The molecule has 5 heteroatoms. The summed E-state index contributed by atoms with van der Waals surface area (Å²) in [6.45, 7) is 1.96. The molecule has 0 N–H and O–H groups in total. The van der Waals surface area contributed by atoms with Crippen molar-refractivity contribution in [2.45, 2.75) is 16.8 Å². The molecule has 0 radical (unpaired) electrons. The Kier molecular flexibility index (Phi) is 2.93. The first-order valence-corrected chi connectivity index (χ1v) is 5.55. The number of pyridine rings is 1. The third-order valence-corrected chi connectivity index (χ3v) is 3.11. The number of rotatable bonds is 2. The third kappa shape index (κ3) is 2.23. The summed E-state index contributed by atoms with van der Waals surface area (Å²) in [5, 5.41) is 14.1. The molecule has 2 heterocycles. The van der Waals surface area contributed by atoms with Crippen LogP contribution in [-0.4, -0.2) is 14.8 Å². The van der Waals surface area contributed by atoms with E-state index in [2.05, 4.69) is 10.1 Å². The molecule has 0 atom stereocenters. The van der Waals surface area contributed by atoms with Crippen LogP contribution in [0.2, 0.25) is 0 Å². The van der Waals surface area contributed by atoms with E-state index in [0.29, 0.717) is 5.69 Å². The van der Waals surface area contributed by atoms with Crippen molar-refractivity contribution < 1.29 is 0 Å². The molecule has 16 heavy (non-hydrogen) atoms. The Labute approximate surface area is 97.9 Å². The molecule has 0 aliphatic carbocycles. The number of aromatic nitrogens is 3. The number of aryl methyl sites for hydroxylation is 2. The molecule has 2 aromatic heterocycles. The minimum Gasteiger partial charge on any atom is -0.262 e. The summed E-state index contributed by atoms with van der Waals surface area (Å²) >= 11 is 1.57. The van der Waals surface area contributed by atoms with Crippen molar-refractivity contribution in [3.63, 3.8) is 0 Å². The Morgan fingerprint density at radius 3 is 2.88 bits per heavy atom. The van der Waals surface area contributed by atoms with Crippen LogP contribution in [0.4, 0.5) is 0 Å². The normalized spacial score (nSPS) is 10.1. The van der Waals surface area contributed by atoms with E-state index < -0.39 is 0 Å². The SMILES string of the molecule is Cc1cc(Sc2ccnc(C#N)c2)n(C)n1. The van der Waals surface area contributed by atoms with E-state index in [9.17, 15) is 0 Å². The highest BCUT2D eigenvalue weighted by atomic mass is 32.2. The summed E-state index contributed by atoms with van der Waals surface area (Å²) < 4.78 is 1.83. The highest BCUT2D eigenvalue weighted by molar-refractivity contribution is 7.99. The largest absolute Gasteiger partial charge is 0.262 e. The maximum atomic E-state index is 8.75. The minimum atomic E-state index is 0.434. The number of hydrogen-bond donors (Lipinski definition) is 0. The molecule has 2 rings (SSSR count). The lowest BCUT2D eigenvalue weighted by molar-refractivity contribution is 0.692. The summed E-state index contributed by atoms with van der Waals surface area (Å²) in [5.74, 6) is 0. The predicted octanol–water partition coefficient (Wildman–Crippen LogP) is 2.15. The van der Waals surface area contributed by atoms with Gasteiger partial charge in [-0.05, 0) is 25.1 Å². The fraction of sp³-hybridized carbons (Fsp3) is 0.182. The van der Waals surface area contributed by atoms with Gasteiger partial charge in [0.25, 0.3) is 0 Å². The van der Waals surface area contributed by atoms with E-state index in [1.807, 2.05) is 36.9 Å². The predicted molar refractivity (Wildman–Crippen MR) is 61.0 cm³/mol. The topological polar surface area (TPSA) is 54.5 Å². The van der Waals surface area contributed by atoms with Gasteiger partial charge < -0.3 is 0 Å². The number of nitrogens with zero attached hydrogens (tertiary/aromatic N) is 4. The van der Waals surface area contributed by atoms with Gasteiger partial charge >= 0.3 is 0 Å². The molecule has 0 unspecified atom stereocenters. The minimum absolute atomic E-state index is 0.434. The molecule has 0 aromatic carbocycles. The lowest BCUT2D eigenvalue weighted by Gasteiger charge is -2.01. The highest BCUT2D eigenvalue weighted by Crippen LogP contribution is 2.27. The van der Waals surface area contributed by atoms with Gasteiger partial charge in [-0.25, -0.2) is 4.98 Å². The Morgan fingerprint density at radius 2 is 2.25 bits per heavy atom. The van der Waals surface area contributed by atoms with Crippen molar-refractivity contribution >= 4 is 11.8 Å². The fourth-order valence-corrected chi connectivity index (χ4v) is 2.28. The Balaban J connectivity index is 2.27. The van der Waals surface area contributed by atoms with Gasteiger partial charge in [-0.3, -0.25) is 4.68 Å². The van der Waals surface area contributed by atoms with Crippen LogP contribution in [0.25, 0.3) is 0 Å². The quantitative estimate of drug-likeness (QED) is 0.793. The first kappa shape index (κ1) is 10.7. The van der Waals surface area contributed by atoms with Gasteiger partial charge in [0, 0.05) is 18.1 Å². The molecular formula is C11H10N4S. The molecule has 0 saturated carbocycles. The summed E-state index contributed by atoms with van der Waals surface area (Å²) in [6.07, 6.45) is 1.64. The lowest BCUT2D eigenvalue weighted by Crippen LogP contribution is -1.92. The van der Waals surface area contributed by atoms with Crippen molar-refractivity contribution in [1.82, 2.24) is 14.8 Å². The molecule has 0 bridgehead atoms.